The molecule has 2 N–H and O–H groups in total. The summed E-state index contributed by atoms with van der Waals surface area (Å²) in [7, 11) is 1.59. The van der Waals surface area contributed by atoms with E-state index < -0.39 is 6.04 Å². The fourth-order valence-corrected chi connectivity index (χ4v) is 2.70. The van der Waals surface area contributed by atoms with Crippen LogP contribution in [-0.2, 0) is 16.1 Å². The molecule has 0 radical (unpaired) electrons. The van der Waals surface area contributed by atoms with Crippen molar-refractivity contribution in [2.75, 3.05) is 20.3 Å². The van der Waals surface area contributed by atoms with Crippen LogP contribution in [0.4, 0.5) is 0 Å². The third-order valence-corrected chi connectivity index (χ3v) is 4.00. The number of nitrogens with zero attached hydrogens (tertiary/aromatic N) is 1. The van der Waals surface area contributed by atoms with Crippen molar-refractivity contribution < 1.29 is 19.4 Å². The van der Waals surface area contributed by atoms with Gasteiger partial charge < -0.3 is 20.1 Å². The Labute approximate surface area is 153 Å². The zero-order chi connectivity index (χ0) is 18.9. The van der Waals surface area contributed by atoms with Gasteiger partial charge in [0.15, 0.2) is 0 Å². The molecule has 0 saturated heterocycles. The normalized spacial score (nSPS) is 11.5. The highest BCUT2D eigenvalue weighted by Crippen LogP contribution is 2.24. The Morgan fingerprint density at radius 1 is 1.12 bits per heavy atom. The maximum Gasteiger partial charge on any atom is 0.247 e. The Bertz CT molecular complexity index is 716. The predicted octanol–water partition coefficient (Wildman–Crippen LogP) is 1.89. The summed E-state index contributed by atoms with van der Waals surface area (Å²) < 4.78 is 5.15. The monoisotopic (exact) mass is 356 g/mol. The number of methoxy groups -OCH3 is 1. The lowest BCUT2D eigenvalue weighted by Gasteiger charge is -2.30. The molecule has 1 atom stereocenters. The van der Waals surface area contributed by atoms with E-state index in [2.05, 4.69) is 5.32 Å². The van der Waals surface area contributed by atoms with Gasteiger partial charge in [-0.25, -0.2) is 0 Å². The number of aliphatic hydroxyl groups excluding tert-OH is 1. The first-order valence-electron chi connectivity index (χ1n) is 8.40. The lowest BCUT2D eigenvalue weighted by Crippen LogP contribution is -2.43. The van der Waals surface area contributed by atoms with E-state index in [0.29, 0.717) is 5.56 Å². The van der Waals surface area contributed by atoms with Crippen LogP contribution in [0.5, 0.6) is 5.75 Å². The number of carbonyl (C=O) groups is 2. The summed E-state index contributed by atoms with van der Waals surface area (Å²) in [6.45, 7) is 1.70. The summed E-state index contributed by atoms with van der Waals surface area (Å²) >= 11 is 0. The molecule has 0 aliphatic carbocycles. The van der Waals surface area contributed by atoms with E-state index in [0.717, 1.165) is 11.3 Å². The standard InChI is InChI=1S/C20H24N2O4/c1-15(24)22(14-16-8-10-18(26-2)11-9-16)19(20(25)21-12-13-23)17-6-4-3-5-7-17/h3-11,19,23H,12-14H2,1-2H3,(H,21,25)/t19-/m0/s1. The average Bonchev–Trinajstić information content (AvgIpc) is 2.67. The molecular formula is C20H24N2O4. The second kappa shape index (κ2) is 9.58. The Morgan fingerprint density at radius 2 is 1.77 bits per heavy atom. The van der Waals surface area contributed by atoms with Crippen molar-refractivity contribution in [1.82, 2.24) is 10.2 Å². The van der Waals surface area contributed by atoms with Crippen molar-refractivity contribution in [3.8, 4) is 5.75 Å². The minimum absolute atomic E-state index is 0.135. The molecule has 0 fully saturated rings. The topological polar surface area (TPSA) is 78.9 Å². The number of amides is 2. The largest absolute Gasteiger partial charge is 0.497 e. The molecule has 6 heteroatoms. The van der Waals surface area contributed by atoms with Crippen LogP contribution in [-0.4, -0.2) is 42.1 Å². The molecule has 0 aliphatic heterocycles. The molecule has 6 nitrogen and oxygen atoms in total. The predicted molar refractivity (Wildman–Crippen MR) is 98.5 cm³/mol. The zero-order valence-electron chi connectivity index (χ0n) is 15.0. The van der Waals surface area contributed by atoms with Crippen molar-refractivity contribution in [2.45, 2.75) is 19.5 Å². The fourth-order valence-electron chi connectivity index (χ4n) is 2.70. The van der Waals surface area contributed by atoms with Gasteiger partial charge in [0.1, 0.15) is 11.8 Å². The smallest absolute Gasteiger partial charge is 0.247 e. The number of benzene rings is 2. The minimum atomic E-state index is -0.776. The highest BCUT2D eigenvalue weighted by molar-refractivity contribution is 5.88. The molecule has 0 heterocycles. The van der Waals surface area contributed by atoms with Gasteiger partial charge in [-0.15, -0.1) is 0 Å². The van der Waals surface area contributed by atoms with Crippen LogP contribution in [0.2, 0.25) is 0 Å². The first-order chi connectivity index (χ1) is 12.6. The van der Waals surface area contributed by atoms with E-state index in [4.69, 9.17) is 9.84 Å². The van der Waals surface area contributed by atoms with E-state index in [1.165, 1.54) is 11.8 Å². The number of hydrogen-bond donors (Lipinski definition) is 2. The summed E-state index contributed by atoms with van der Waals surface area (Å²) in [5, 5.41) is 11.7. The number of rotatable bonds is 8. The molecular weight excluding hydrogens is 332 g/mol. The molecule has 0 unspecified atom stereocenters. The zero-order valence-corrected chi connectivity index (χ0v) is 15.0. The molecule has 138 valence electrons. The van der Waals surface area contributed by atoms with Crippen LogP contribution in [0.15, 0.2) is 54.6 Å². The number of hydrogen-bond acceptors (Lipinski definition) is 4. The number of aliphatic hydroxyl groups is 1. The third kappa shape index (κ3) is 5.07. The van der Waals surface area contributed by atoms with Gasteiger partial charge in [0.25, 0.3) is 0 Å². The van der Waals surface area contributed by atoms with Crippen molar-refractivity contribution in [2.24, 2.45) is 0 Å². The SMILES string of the molecule is COc1ccc(CN(C(C)=O)[C@H](C(=O)NCCO)c2ccccc2)cc1. The summed E-state index contributed by atoms with van der Waals surface area (Å²) in [6.07, 6.45) is 0. The second-order valence-electron chi connectivity index (χ2n) is 5.82. The Balaban J connectivity index is 2.32. The van der Waals surface area contributed by atoms with E-state index in [9.17, 15) is 9.59 Å². The number of ether oxygens (including phenoxy) is 1. The molecule has 2 aromatic rings. The Morgan fingerprint density at radius 3 is 2.31 bits per heavy atom. The molecule has 0 aromatic heterocycles. The van der Waals surface area contributed by atoms with Gasteiger partial charge in [-0.1, -0.05) is 42.5 Å². The molecule has 2 aromatic carbocycles. The van der Waals surface area contributed by atoms with E-state index >= 15 is 0 Å². The molecule has 0 bridgehead atoms. The van der Waals surface area contributed by atoms with Crippen molar-refractivity contribution in [3.05, 3.63) is 65.7 Å². The molecule has 2 rings (SSSR count). The Kier molecular flexibility index (Phi) is 7.17. The second-order valence-corrected chi connectivity index (χ2v) is 5.82. The third-order valence-electron chi connectivity index (χ3n) is 4.00. The lowest BCUT2D eigenvalue weighted by atomic mass is 10.0. The number of nitrogens with one attached hydrogen (secondary N) is 1. The summed E-state index contributed by atoms with van der Waals surface area (Å²) in [5.41, 5.74) is 1.60. The summed E-state index contributed by atoms with van der Waals surface area (Å²) in [4.78, 5) is 26.6. The quantitative estimate of drug-likeness (QED) is 0.757. The van der Waals surface area contributed by atoms with Gasteiger partial charge in [0.05, 0.1) is 13.7 Å². The van der Waals surface area contributed by atoms with Gasteiger partial charge >= 0.3 is 0 Å². The van der Waals surface area contributed by atoms with E-state index in [1.54, 1.807) is 7.11 Å². The van der Waals surface area contributed by atoms with Crippen LogP contribution < -0.4 is 10.1 Å². The van der Waals surface area contributed by atoms with Gasteiger partial charge in [-0.3, -0.25) is 9.59 Å². The molecule has 0 saturated carbocycles. The lowest BCUT2D eigenvalue weighted by molar-refractivity contribution is -0.140. The molecule has 2 amide bonds. The van der Waals surface area contributed by atoms with Crippen molar-refractivity contribution in [3.63, 3.8) is 0 Å². The van der Waals surface area contributed by atoms with Gasteiger partial charge in [0.2, 0.25) is 11.8 Å². The van der Waals surface area contributed by atoms with E-state index in [1.807, 2.05) is 54.6 Å². The van der Waals surface area contributed by atoms with Gasteiger partial charge in [-0.2, -0.15) is 0 Å². The van der Waals surface area contributed by atoms with Crippen LogP contribution in [0, 0.1) is 0 Å². The van der Waals surface area contributed by atoms with Crippen molar-refractivity contribution >= 4 is 11.8 Å². The highest BCUT2D eigenvalue weighted by Gasteiger charge is 2.29. The fraction of sp³-hybridized carbons (Fsp3) is 0.300. The highest BCUT2D eigenvalue weighted by atomic mass is 16.5. The van der Waals surface area contributed by atoms with E-state index in [-0.39, 0.29) is 31.5 Å². The van der Waals surface area contributed by atoms with Gasteiger partial charge in [-0.05, 0) is 23.3 Å². The first kappa shape index (κ1) is 19.5. The molecule has 26 heavy (non-hydrogen) atoms. The van der Waals surface area contributed by atoms with Crippen LogP contribution in [0.3, 0.4) is 0 Å². The molecule has 0 spiro atoms. The summed E-state index contributed by atoms with van der Waals surface area (Å²) in [5.74, 6) is 0.186. The molecule has 0 aliphatic rings. The van der Waals surface area contributed by atoms with Gasteiger partial charge in [0, 0.05) is 20.0 Å². The minimum Gasteiger partial charge on any atom is -0.497 e. The maximum absolute atomic E-state index is 12.7. The van der Waals surface area contributed by atoms with Crippen molar-refractivity contribution in [1.29, 1.82) is 0 Å². The number of carbonyl (C=O) groups excluding carboxylic acids is 2. The summed E-state index contributed by atoms with van der Waals surface area (Å²) in [6, 6.07) is 15.7. The van der Waals surface area contributed by atoms with Crippen LogP contribution in [0.1, 0.15) is 24.1 Å². The average molecular weight is 356 g/mol. The maximum atomic E-state index is 12.7. The van der Waals surface area contributed by atoms with Crippen LogP contribution in [0.25, 0.3) is 0 Å². The first-order valence-corrected chi connectivity index (χ1v) is 8.40. The van der Waals surface area contributed by atoms with Crippen LogP contribution >= 0.6 is 0 Å². The Hall–Kier alpha value is -2.86.